The smallest absolute Gasteiger partial charge is 0.348 e. The second-order valence-corrected chi connectivity index (χ2v) is 6.54. The van der Waals surface area contributed by atoms with E-state index in [4.69, 9.17) is 0 Å². The first-order valence-corrected chi connectivity index (χ1v) is 8.18. The summed E-state index contributed by atoms with van der Waals surface area (Å²) in [6, 6.07) is 8.69. The van der Waals surface area contributed by atoms with Crippen LogP contribution in [0, 0.1) is 0 Å². The van der Waals surface area contributed by atoms with Gasteiger partial charge in [0.2, 0.25) is 5.88 Å². The molecule has 1 heterocycles. The minimum atomic E-state index is -0.638. The second-order valence-electron chi connectivity index (χ2n) is 6.54. The van der Waals surface area contributed by atoms with Crippen molar-refractivity contribution in [2.24, 2.45) is 14.1 Å². The van der Waals surface area contributed by atoms with E-state index in [2.05, 4.69) is 5.32 Å². The van der Waals surface area contributed by atoms with E-state index in [1.807, 2.05) is 68.0 Å². The molecule has 2 rings (SSSR count). The van der Waals surface area contributed by atoms with Crippen molar-refractivity contribution in [2.75, 3.05) is 28.2 Å². The lowest BCUT2D eigenvalue weighted by Gasteiger charge is -2.22. The van der Waals surface area contributed by atoms with Crippen LogP contribution in [0.25, 0.3) is 0 Å². The number of nitrogens with one attached hydrogen (secondary N) is 1. The maximum absolute atomic E-state index is 12.8. The van der Waals surface area contributed by atoms with Crippen molar-refractivity contribution in [3.63, 3.8) is 0 Å². The minimum Gasteiger partial charge on any atom is -0.494 e. The highest BCUT2D eigenvalue weighted by molar-refractivity contribution is 5.75. The molecule has 1 aromatic carbocycles. The molecule has 0 aliphatic carbocycles. The first-order chi connectivity index (χ1) is 12.2. The zero-order valence-electron chi connectivity index (χ0n) is 16.0. The number of nitrogens with zero attached hydrogens (tertiary/aromatic N) is 4. The van der Waals surface area contributed by atoms with Crippen molar-refractivity contribution >= 4 is 5.96 Å². The minimum absolute atomic E-state index is 0.113. The van der Waals surface area contributed by atoms with Gasteiger partial charge in [-0.05, 0) is 5.56 Å². The number of guanidine groups is 1. The van der Waals surface area contributed by atoms with Crippen molar-refractivity contribution in [2.45, 2.75) is 6.04 Å². The molecule has 0 radical (unpaired) electrons. The van der Waals surface area contributed by atoms with Crippen molar-refractivity contribution < 1.29 is 9.68 Å². The van der Waals surface area contributed by atoms with Gasteiger partial charge in [0.15, 0.2) is 0 Å². The molecule has 0 saturated heterocycles. The average Bonchev–Trinajstić information content (AvgIpc) is 2.61. The van der Waals surface area contributed by atoms with Gasteiger partial charge in [-0.1, -0.05) is 30.3 Å². The van der Waals surface area contributed by atoms with E-state index in [1.54, 1.807) is 0 Å². The lowest BCUT2D eigenvalue weighted by molar-refractivity contribution is -0.472. The van der Waals surface area contributed by atoms with Gasteiger partial charge in [-0.3, -0.25) is 28.7 Å². The quantitative estimate of drug-likeness (QED) is 0.445. The summed E-state index contributed by atoms with van der Waals surface area (Å²) >= 11 is 0. The highest BCUT2D eigenvalue weighted by Crippen LogP contribution is 2.25. The Kier molecular flexibility index (Phi) is 5.54. The molecule has 0 aliphatic heterocycles. The summed E-state index contributed by atoms with van der Waals surface area (Å²) in [7, 11) is 10.3. The normalized spacial score (nSPS) is 11.8. The zero-order valence-corrected chi connectivity index (χ0v) is 16.0. The molecule has 0 saturated carbocycles. The SMILES string of the molecule is CN(C)C(NC(c1ccccc1)c1c(O)n(C)c(=O)n(C)c1=O)=[N+](C)C. The Morgan fingerprint density at radius 2 is 1.69 bits per heavy atom. The zero-order chi connectivity index (χ0) is 19.6. The number of hydrogen-bond donors (Lipinski definition) is 2. The van der Waals surface area contributed by atoms with Crippen LogP contribution in [0.3, 0.4) is 0 Å². The monoisotopic (exact) mass is 360 g/mol. The highest BCUT2D eigenvalue weighted by Gasteiger charge is 2.30. The van der Waals surface area contributed by atoms with Gasteiger partial charge < -0.3 is 5.11 Å². The summed E-state index contributed by atoms with van der Waals surface area (Å²) in [5, 5.41) is 13.9. The fourth-order valence-corrected chi connectivity index (χ4v) is 2.87. The van der Waals surface area contributed by atoms with Gasteiger partial charge in [0.1, 0.15) is 11.6 Å². The van der Waals surface area contributed by atoms with E-state index in [-0.39, 0.29) is 11.4 Å². The van der Waals surface area contributed by atoms with Crippen molar-refractivity contribution in [3.05, 3.63) is 62.3 Å². The van der Waals surface area contributed by atoms with Gasteiger partial charge in [0.05, 0.1) is 28.2 Å². The molecule has 0 amide bonds. The summed E-state index contributed by atoms with van der Waals surface area (Å²) in [6.07, 6.45) is 0. The maximum Gasteiger partial charge on any atom is 0.348 e. The molecule has 0 aliphatic rings. The third-order valence-electron chi connectivity index (χ3n) is 4.21. The molecule has 1 aromatic heterocycles. The predicted molar refractivity (Wildman–Crippen MR) is 101 cm³/mol. The van der Waals surface area contributed by atoms with Crippen LogP contribution in [-0.2, 0) is 14.1 Å². The van der Waals surface area contributed by atoms with Crippen LogP contribution in [0.4, 0.5) is 0 Å². The fraction of sp³-hybridized carbons (Fsp3) is 0.389. The van der Waals surface area contributed by atoms with Crippen LogP contribution in [0.2, 0.25) is 0 Å². The summed E-state index contributed by atoms with van der Waals surface area (Å²) in [4.78, 5) is 26.8. The summed E-state index contributed by atoms with van der Waals surface area (Å²) in [5.74, 6) is 0.394. The van der Waals surface area contributed by atoms with E-state index in [0.717, 1.165) is 20.7 Å². The van der Waals surface area contributed by atoms with E-state index >= 15 is 0 Å². The molecular weight excluding hydrogens is 334 g/mol. The molecule has 1 unspecified atom stereocenters. The van der Waals surface area contributed by atoms with Gasteiger partial charge >= 0.3 is 11.6 Å². The first-order valence-electron chi connectivity index (χ1n) is 8.18. The summed E-state index contributed by atoms with van der Waals surface area (Å²) in [6.45, 7) is 0. The van der Waals surface area contributed by atoms with Crippen LogP contribution in [-0.4, -0.2) is 57.9 Å². The summed E-state index contributed by atoms with van der Waals surface area (Å²) < 4.78 is 3.94. The van der Waals surface area contributed by atoms with E-state index in [1.165, 1.54) is 14.1 Å². The number of hydrogen-bond acceptors (Lipinski definition) is 3. The maximum atomic E-state index is 12.8. The van der Waals surface area contributed by atoms with Gasteiger partial charge in [-0.15, -0.1) is 0 Å². The molecule has 8 heteroatoms. The third-order valence-corrected chi connectivity index (χ3v) is 4.21. The van der Waals surface area contributed by atoms with Gasteiger partial charge in [0.25, 0.3) is 5.56 Å². The molecule has 26 heavy (non-hydrogen) atoms. The highest BCUT2D eigenvalue weighted by atomic mass is 16.3. The Bertz CT molecular complexity index is 938. The van der Waals surface area contributed by atoms with Crippen LogP contribution in [0.1, 0.15) is 17.2 Å². The molecule has 2 N–H and O–H groups in total. The largest absolute Gasteiger partial charge is 0.494 e. The van der Waals surface area contributed by atoms with Crippen LogP contribution in [0.15, 0.2) is 39.9 Å². The van der Waals surface area contributed by atoms with E-state index in [9.17, 15) is 14.7 Å². The second kappa shape index (κ2) is 7.47. The van der Waals surface area contributed by atoms with Crippen molar-refractivity contribution in [1.82, 2.24) is 19.4 Å². The predicted octanol–water partition coefficient (Wildman–Crippen LogP) is -0.342. The number of aromatic nitrogens is 2. The van der Waals surface area contributed by atoms with Gasteiger partial charge in [-0.25, -0.2) is 4.79 Å². The molecule has 0 fully saturated rings. The Balaban J connectivity index is 2.78. The standard InChI is InChI=1S/C18H25N5O3/c1-20(2)17(21(3)4)19-14(12-10-8-7-9-11-12)13-15(24)22(5)18(26)23(6)16(13)25/h7-11,14H,1-6H3,(H,24,25)/p+1. The Labute approximate surface area is 152 Å². The molecule has 2 aromatic rings. The summed E-state index contributed by atoms with van der Waals surface area (Å²) in [5.41, 5.74) is -0.210. The van der Waals surface area contributed by atoms with Gasteiger partial charge in [0, 0.05) is 14.1 Å². The van der Waals surface area contributed by atoms with E-state index < -0.39 is 17.3 Å². The van der Waals surface area contributed by atoms with Crippen molar-refractivity contribution in [1.29, 1.82) is 0 Å². The Morgan fingerprint density at radius 1 is 1.12 bits per heavy atom. The third kappa shape index (κ3) is 3.49. The van der Waals surface area contributed by atoms with Crippen molar-refractivity contribution in [3.8, 4) is 5.88 Å². The molecule has 1 atom stereocenters. The molecular formula is C18H26N5O3+. The lowest BCUT2D eigenvalue weighted by atomic mass is 10.0. The average molecular weight is 360 g/mol. The van der Waals surface area contributed by atoms with Crippen LogP contribution < -0.4 is 16.6 Å². The fourth-order valence-electron chi connectivity index (χ4n) is 2.87. The number of aromatic hydroxyl groups is 1. The molecule has 8 nitrogen and oxygen atoms in total. The number of rotatable bonds is 3. The Morgan fingerprint density at radius 3 is 2.19 bits per heavy atom. The first kappa shape index (κ1) is 19.3. The molecule has 140 valence electrons. The van der Waals surface area contributed by atoms with Crippen LogP contribution >= 0.6 is 0 Å². The molecule has 0 bridgehead atoms. The number of benzene rings is 1. The molecule has 0 spiro atoms. The van der Waals surface area contributed by atoms with Gasteiger partial charge in [-0.2, -0.15) is 0 Å². The topological polar surface area (TPSA) is 82.5 Å². The lowest BCUT2D eigenvalue weighted by Crippen LogP contribution is -2.47. The Hall–Kier alpha value is -3.03. The van der Waals surface area contributed by atoms with Crippen LogP contribution in [0.5, 0.6) is 5.88 Å². The van der Waals surface area contributed by atoms with E-state index in [0.29, 0.717) is 0 Å².